The molecule has 0 spiro atoms. The summed E-state index contributed by atoms with van der Waals surface area (Å²) in [7, 11) is 0. The van der Waals surface area contributed by atoms with E-state index in [2.05, 4.69) is 81.7 Å². The lowest BCUT2D eigenvalue weighted by atomic mass is 10.1. The van der Waals surface area contributed by atoms with Crippen LogP contribution in [0.3, 0.4) is 0 Å². The molecule has 0 bridgehead atoms. The van der Waals surface area contributed by atoms with Gasteiger partial charge in [-0.3, -0.25) is 0 Å². The van der Waals surface area contributed by atoms with E-state index >= 15 is 0 Å². The molecular weight excluding hydrogens is 280 g/mol. The van der Waals surface area contributed by atoms with Crippen LogP contribution in [-0.4, -0.2) is 6.54 Å². The maximum atomic E-state index is 3.61. The smallest absolute Gasteiger partial charge is 0.0387 e. The van der Waals surface area contributed by atoms with Crippen LogP contribution >= 0.6 is 0 Å². The van der Waals surface area contributed by atoms with Gasteiger partial charge in [0.25, 0.3) is 0 Å². The van der Waals surface area contributed by atoms with Crippen LogP contribution in [0.1, 0.15) is 59.4 Å². The SMILES string of the molecule is CCCNCc1cccc(NC(/C=C\[C@H](C)CC)=C(/C)CC)c1. The van der Waals surface area contributed by atoms with Crippen molar-refractivity contribution in [3.63, 3.8) is 0 Å². The molecule has 1 rings (SSSR count). The maximum Gasteiger partial charge on any atom is 0.0387 e. The van der Waals surface area contributed by atoms with Crippen LogP contribution in [0.5, 0.6) is 0 Å². The number of hydrogen-bond acceptors (Lipinski definition) is 2. The number of nitrogens with one attached hydrogen (secondary N) is 2. The Labute approximate surface area is 143 Å². The van der Waals surface area contributed by atoms with E-state index in [0.717, 1.165) is 25.2 Å². The summed E-state index contributed by atoms with van der Waals surface area (Å²) in [4.78, 5) is 0. The highest BCUT2D eigenvalue weighted by molar-refractivity contribution is 5.53. The Bertz CT molecular complexity index is 514. The fourth-order valence-electron chi connectivity index (χ4n) is 2.20. The predicted molar refractivity (Wildman–Crippen MR) is 104 cm³/mol. The molecule has 1 atom stereocenters. The quantitative estimate of drug-likeness (QED) is 0.416. The first-order valence-electron chi connectivity index (χ1n) is 9.05. The van der Waals surface area contributed by atoms with E-state index < -0.39 is 0 Å². The molecule has 0 saturated heterocycles. The molecule has 0 aliphatic rings. The maximum absolute atomic E-state index is 3.61. The highest BCUT2D eigenvalue weighted by Gasteiger charge is 2.02. The molecule has 2 heteroatoms. The van der Waals surface area contributed by atoms with Crippen molar-refractivity contribution in [3.8, 4) is 0 Å². The van der Waals surface area contributed by atoms with Crippen LogP contribution in [0.4, 0.5) is 5.69 Å². The standard InChI is InChI=1S/C21H34N2/c1-6-14-22-16-19-10-9-11-20(15-19)23-21(18(5)8-3)13-12-17(4)7-2/h9-13,15,17,22-23H,6-8,14,16H2,1-5H3/b13-12-,21-18-/t17-/m1/s1. The lowest BCUT2D eigenvalue weighted by Gasteiger charge is -2.13. The molecule has 0 amide bonds. The Morgan fingerprint density at radius 2 is 2.00 bits per heavy atom. The molecule has 0 unspecified atom stereocenters. The fourth-order valence-corrected chi connectivity index (χ4v) is 2.20. The summed E-state index contributed by atoms with van der Waals surface area (Å²) in [5, 5.41) is 7.06. The number of benzene rings is 1. The largest absolute Gasteiger partial charge is 0.356 e. The van der Waals surface area contributed by atoms with Gasteiger partial charge in [-0.1, -0.05) is 57.9 Å². The van der Waals surface area contributed by atoms with Crippen molar-refractivity contribution in [2.75, 3.05) is 11.9 Å². The van der Waals surface area contributed by atoms with E-state index in [0.29, 0.717) is 5.92 Å². The van der Waals surface area contributed by atoms with Gasteiger partial charge in [0.1, 0.15) is 0 Å². The molecule has 23 heavy (non-hydrogen) atoms. The van der Waals surface area contributed by atoms with E-state index in [1.807, 2.05) is 0 Å². The van der Waals surface area contributed by atoms with Crippen LogP contribution in [0.2, 0.25) is 0 Å². The lowest BCUT2D eigenvalue weighted by molar-refractivity contribution is 0.675. The Kier molecular flexibility index (Phi) is 9.39. The van der Waals surface area contributed by atoms with Gasteiger partial charge in [-0.2, -0.15) is 0 Å². The summed E-state index contributed by atoms with van der Waals surface area (Å²) < 4.78 is 0. The minimum absolute atomic E-state index is 0.612. The molecule has 1 aromatic rings. The summed E-state index contributed by atoms with van der Waals surface area (Å²) in [6.45, 7) is 13.1. The van der Waals surface area contributed by atoms with Gasteiger partial charge in [-0.15, -0.1) is 0 Å². The van der Waals surface area contributed by atoms with Crippen molar-refractivity contribution in [2.24, 2.45) is 5.92 Å². The van der Waals surface area contributed by atoms with Crippen LogP contribution < -0.4 is 10.6 Å². The average Bonchev–Trinajstić information content (AvgIpc) is 2.58. The molecule has 0 aliphatic heterocycles. The van der Waals surface area contributed by atoms with Crippen molar-refractivity contribution in [1.82, 2.24) is 5.32 Å². The molecule has 0 heterocycles. The van der Waals surface area contributed by atoms with Crippen LogP contribution in [0, 0.1) is 5.92 Å². The van der Waals surface area contributed by atoms with Crippen molar-refractivity contribution in [1.29, 1.82) is 0 Å². The van der Waals surface area contributed by atoms with Crippen molar-refractivity contribution < 1.29 is 0 Å². The zero-order chi connectivity index (χ0) is 17.1. The predicted octanol–water partition coefficient (Wildman–Crippen LogP) is 5.88. The van der Waals surface area contributed by atoms with Gasteiger partial charge < -0.3 is 10.6 Å². The first-order valence-corrected chi connectivity index (χ1v) is 9.05. The highest BCUT2D eigenvalue weighted by Crippen LogP contribution is 2.18. The second-order valence-electron chi connectivity index (χ2n) is 6.29. The monoisotopic (exact) mass is 314 g/mol. The molecule has 1 aromatic carbocycles. The minimum Gasteiger partial charge on any atom is -0.356 e. The third kappa shape index (κ3) is 7.51. The second-order valence-corrected chi connectivity index (χ2v) is 6.29. The number of rotatable bonds is 10. The van der Waals surface area contributed by atoms with Crippen molar-refractivity contribution >= 4 is 5.69 Å². The normalized spacial score (nSPS) is 14.0. The molecule has 0 radical (unpaired) electrons. The first-order chi connectivity index (χ1) is 11.1. The summed E-state index contributed by atoms with van der Waals surface area (Å²) in [5.74, 6) is 0.612. The Balaban J connectivity index is 2.83. The van der Waals surface area contributed by atoms with Gasteiger partial charge >= 0.3 is 0 Å². The van der Waals surface area contributed by atoms with E-state index in [1.165, 1.54) is 29.7 Å². The minimum atomic E-state index is 0.612. The highest BCUT2D eigenvalue weighted by atomic mass is 14.9. The molecule has 128 valence electrons. The first kappa shape index (κ1) is 19.5. The summed E-state index contributed by atoms with van der Waals surface area (Å²) >= 11 is 0. The fraction of sp³-hybridized carbons (Fsp3) is 0.524. The number of hydrogen-bond donors (Lipinski definition) is 2. The van der Waals surface area contributed by atoms with Gasteiger partial charge in [-0.25, -0.2) is 0 Å². The number of anilines is 1. The van der Waals surface area contributed by atoms with Crippen molar-refractivity contribution in [2.45, 2.75) is 60.4 Å². The molecular formula is C21H34N2. The van der Waals surface area contributed by atoms with Gasteiger partial charge in [0.2, 0.25) is 0 Å². The van der Waals surface area contributed by atoms with Gasteiger partial charge in [0.15, 0.2) is 0 Å². The Morgan fingerprint density at radius 3 is 2.65 bits per heavy atom. The van der Waals surface area contributed by atoms with Crippen LogP contribution in [0.25, 0.3) is 0 Å². The third-order valence-electron chi connectivity index (χ3n) is 4.19. The van der Waals surface area contributed by atoms with Gasteiger partial charge in [0.05, 0.1) is 0 Å². The van der Waals surface area contributed by atoms with Crippen molar-refractivity contribution in [3.05, 3.63) is 53.3 Å². The zero-order valence-corrected chi connectivity index (χ0v) is 15.6. The lowest BCUT2D eigenvalue weighted by Crippen LogP contribution is -2.13. The van der Waals surface area contributed by atoms with Gasteiger partial charge in [-0.05, 0) is 56.0 Å². The second kappa shape index (κ2) is 11.1. The summed E-state index contributed by atoms with van der Waals surface area (Å²) in [5.41, 5.74) is 5.10. The van der Waals surface area contributed by atoms with E-state index in [1.54, 1.807) is 0 Å². The van der Waals surface area contributed by atoms with Crippen LogP contribution in [0.15, 0.2) is 47.7 Å². The molecule has 2 N–H and O–H groups in total. The average molecular weight is 315 g/mol. The molecule has 0 aromatic heterocycles. The summed E-state index contributed by atoms with van der Waals surface area (Å²) in [6, 6.07) is 8.69. The Morgan fingerprint density at radius 1 is 1.22 bits per heavy atom. The third-order valence-corrected chi connectivity index (χ3v) is 4.19. The number of allylic oxidation sites excluding steroid dienone is 3. The zero-order valence-electron chi connectivity index (χ0n) is 15.6. The topological polar surface area (TPSA) is 24.1 Å². The molecule has 0 aliphatic carbocycles. The van der Waals surface area contributed by atoms with E-state index in [-0.39, 0.29) is 0 Å². The molecule has 2 nitrogen and oxygen atoms in total. The molecule has 0 fully saturated rings. The molecule has 0 saturated carbocycles. The van der Waals surface area contributed by atoms with Crippen LogP contribution in [-0.2, 0) is 6.54 Å². The van der Waals surface area contributed by atoms with Gasteiger partial charge in [0, 0.05) is 17.9 Å². The van der Waals surface area contributed by atoms with E-state index in [4.69, 9.17) is 0 Å². The Hall–Kier alpha value is -1.54. The van der Waals surface area contributed by atoms with E-state index in [9.17, 15) is 0 Å². The summed E-state index contributed by atoms with van der Waals surface area (Å²) in [6.07, 6.45) is 7.95.